The molecule has 0 atom stereocenters. The molecule has 16 nitrogen and oxygen atoms in total. The first-order chi connectivity index (χ1) is 17.8. The number of aliphatic hydroxyl groups excluding tert-OH is 3. The van der Waals surface area contributed by atoms with Gasteiger partial charge in [-0.05, 0) is 0 Å². The minimum Gasteiger partial charge on any atom is -0.550 e. The molecule has 0 heterocycles. The summed E-state index contributed by atoms with van der Waals surface area (Å²) < 4.78 is 0.781. The van der Waals surface area contributed by atoms with Gasteiger partial charge in [0.1, 0.15) is 25.2 Å². The van der Waals surface area contributed by atoms with Gasteiger partial charge in [0.25, 0.3) is 0 Å². The fraction of sp³-hybridized carbons (Fsp3) is 0.750. The van der Waals surface area contributed by atoms with Crippen LogP contribution in [0, 0.1) is 0 Å². The molecule has 16 heteroatoms. The van der Waals surface area contributed by atoms with Gasteiger partial charge in [0.05, 0.1) is 88.8 Å². The molecular formula is C24H47N3O13. The van der Waals surface area contributed by atoms with Crippen LogP contribution in [0.15, 0.2) is 0 Å². The van der Waals surface area contributed by atoms with Crippen molar-refractivity contribution >= 4 is 35.6 Å². The monoisotopic (exact) mass is 585 g/mol. The minimum atomic E-state index is -2.97. The Bertz CT molecular complexity index is 757. The van der Waals surface area contributed by atoms with Crippen LogP contribution < -0.4 is 15.3 Å². The van der Waals surface area contributed by atoms with Crippen molar-refractivity contribution in [1.82, 2.24) is 0 Å². The lowest BCUT2D eigenvalue weighted by molar-refractivity contribution is -0.813. The van der Waals surface area contributed by atoms with Crippen LogP contribution in [0.3, 0.4) is 0 Å². The molecule has 0 rings (SSSR count). The molecular weight excluding hydrogens is 538 g/mol. The van der Waals surface area contributed by atoms with Crippen molar-refractivity contribution in [3.8, 4) is 0 Å². The van der Waals surface area contributed by atoms with Gasteiger partial charge < -0.3 is 50.1 Å². The Labute approximate surface area is 235 Å². The molecule has 0 saturated heterocycles. The molecule has 0 aliphatic rings. The van der Waals surface area contributed by atoms with Crippen molar-refractivity contribution in [2.75, 3.05) is 81.7 Å². The topological polar surface area (TPSA) is 253 Å². The largest absolute Gasteiger partial charge is 0.550 e. The van der Waals surface area contributed by atoms with E-state index >= 15 is 0 Å². The van der Waals surface area contributed by atoms with Gasteiger partial charge in [-0.25, -0.2) is 14.4 Å². The SMILES string of the molecule is CC(=O)[N+](C)(C)CCO.CC(=O)[N+](C)(C)CCO.CC(=O)[N+](C)(C)CCO.O=C([O-])CC(O)(CC(=O)[O-])C(=O)[O-]. The number of carboxylic acids is 3. The summed E-state index contributed by atoms with van der Waals surface area (Å²) in [6.07, 6.45) is -2.72. The van der Waals surface area contributed by atoms with E-state index in [1.807, 2.05) is 0 Å². The number of rotatable bonds is 11. The lowest BCUT2D eigenvalue weighted by Crippen LogP contribution is -2.54. The zero-order valence-corrected chi connectivity index (χ0v) is 25.0. The molecule has 0 aliphatic carbocycles. The molecule has 0 aromatic carbocycles. The summed E-state index contributed by atoms with van der Waals surface area (Å²) in [6.45, 7) is 6.24. The Morgan fingerprint density at radius 2 is 0.750 bits per heavy atom. The predicted octanol–water partition coefficient (Wildman–Crippen LogP) is -6.45. The Morgan fingerprint density at radius 3 is 0.825 bits per heavy atom. The molecule has 3 amide bonds. The molecule has 40 heavy (non-hydrogen) atoms. The number of carbonyl (C=O) groups excluding carboxylic acids is 6. The van der Waals surface area contributed by atoms with Crippen LogP contribution in [0.25, 0.3) is 0 Å². The van der Waals surface area contributed by atoms with Crippen LogP contribution in [0.5, 0.6) is 0 Å². The number of nitrogens with zero attached hydrogens (tertiary/aromatic N) is 3. The van der Waals surface area contributed by atoms with Gasteiger partial charge >= 0.3 is 17.7 Å². The van der Waals surface area contributed by atoms with Crippen LogP contribution in [0.1, 0.15) is 33.6 Å². The third-order valence-electron chi connectivity index (χ3n) is 5.79. The van der Waals surface area contributed by atoms with E-state index in [0.717, 1.165) is 0 Å². The molecule has 0 spiro atoms. The number of carboxylic acid groups (broad SMARTS) is 3. The smallest absolute Gasteiger partial charge is 0.310 e. The van der Waals surface area contributed by atoms with Crippen molar-refractivity contribution < 1.29 is 78.0 Å². The van der Waals surface area contributed by atoms with Gasteiger partial charge in [0, 0.05) is 24.8 Å². The molecule has 0 radical (unpaired) electrons. The van der Waals surface area contributed by atoms with Gasteiger partial charge in [-0.1, -0.05) is 0 Å². The first kappa shape index (κ1) is 44.2. The number of quaternary nitrogens is 3. The third-order valence-corrected chi connectivity index (χ3v) is 5.79. The summed E-state index contributed by atoms with van der Waals surface area (Å²) >= 11 is 0. The van der Waals surface area contributed by atoms with E-state index in [0.29, 0.717) is 19.6 Å². The third kappa shape index (κ3) is 22.0. The van der Waals surface area contributed by atoms with Gasteiger partial charge in [-0.15, -0.1) is 0 Å². The normalized spacial score (nSPS) is 11.3. The van der Waals surface area contributed by atoms with E-state index < -0.39 is 36.4 Å². The summed E-state index contributed by atoms with van der Waals surface area (Å²) in [6, 6.07) is 0. The second kappa shape index (κ2) is 20.1. The average molecular weight is 586 g/mol. The predicted molar refractivity (Wildman–Crippen MR) is 133 cm³/mol. The van der Waals surface area contributed by atoms with Gasteiger partial charge in [0.15, 0.2) is 0 Å². The number of carbonyl (C=O) groups is 6. The van der Waals surface area contributed by atoms with Crippen LogP contribution in [0.2, 0.25) is 0 Å². The maximum absolute atomic E-state index is 10.7. The van der Waals surface area contributed by atoms with E-state index in [2.05, 4.69) is 0 Å². The number of amides is 3. The fourth-order valence-corrected chi connectivity index (χ4v) is 1.91. The second-order valence-electron chi connectivity index (χ2n) is 10.4. The molecule has 0 aromatic heterocycles. The van der Waals surface area contributed by atoms with Crippen molar-refractivity contribution in [3.05, 3.63) is 0 Å². The number of hydrogen-bond acceptors (Lipinski definition) is 13. The fourth-order valence-electron chi connectivity index (χ4n) is 1.91. The zero-order valence-electron chi connectivity index (χ0n) is 25.0. The highest BCUT2D eigenvalue weighted by molar-refractivity contribution is 5.86. The molecule has 0 aliphatic heterocycles. The van der Waals surface area contributed by atoms with Crippen molar-refractivity contribution in [2.45, 2.75) is 39.2 Å². The van der Waals surface area contributed by atoms with Crippen molar-refractivity contribution in [2.24, 2.45) is 0 Å². The van der Waals surface area contributed by atoms with Crippen LogP contribution in [0.4, 0.5) is 0 Å². The van der Waals surface area contributed by atoms with Gasteiger partial charge in [-0.3, -0.25) is 13.4 Å². The Hall–Kier alpha value is -2.86. The number of aliphatic hydroxyl groups is 4. The summed E-state index contributed by atoms with van der Waals surface area (Å²) in [5.41, 5.74) is -2.97. The molecule has 0 aromatic rings. The standard InChI is InChI=1S/3C6H14NO2.C6H8O7/c3*1-6(9)7(2,3)4-5-8;7-3(8)1-6(13,5(11)12)2-4(9)10/h3*8H,4-5H2,1-3H3;13H,1-2H2,(H,7,8)(H,9,10)(H,11,12)/q3*+1;/p-3. The van der Waals surface area contributed by atoms with E-state index in [-0.39, 0.29) is 51.0 Å². The minimum absolute atomic E-state index is 0.0621. The zero-order chi connectivity index (χ0) is 33.1. The van der Waals surface area contributed by atoms with E-state index in [4.69, 9.17) is 20.4 Å². The Kier molecular flexibility index (Phi) is 22.2. The molecule has 0 fully saturated rings. The van der Waals surface area contributed by atoms with Crippen LogP contribution in [-0.4, -0.2) is 157 Å². The van der Waals surface area contributed by atoms with Gasteiger partial charge in [-0.2, -0.15) is 0 Å². The lowest BCUT2D eigenvalue weighted by Gasteiger charge is -2.29. The number of aliphatic carboxylic acids is 3. The molecule has 0 saturated carbocycles. The summed E-state index contributed by atoms with van der Waals surface area (Å²) in [5.74, 6) is -5.76. The molecule has 4 N–H and O–H groups in total. The molecule has 0 bridgehead atoms. The second-order valence-corrected chi connectivity index (χ2v) is 10.4. The van der Waals surface area contributed by atoms with Gasteiger partial charge in [0.2, 0.25) is 0 Å². The highest BCUT2D eigenvalue weighted by atomic mass is 16.4. The van der Waals surface area contributed by atoms with Crippen LogP contribution in [-0.2, 0) is 28.8 Å². The molecule has 0 unspecified atom stereocenters. The quantitative estimate of drug-likeness (QED) is 0.165. The van der Waals surface area contributed by atoms with Crippen molar-refractivity contribution in [3.63, 3.8) is 0 Å². The average Bonchev–Trinajstić information content (AvgIpc) is 2.73. The summed E-state index contributed by atoms with van der Waals surface area (Å²) in [7, 11) is 10.7. The Balaban J connectivity index is -0.000000219. The lowest BCUT2D eigenvalue weighted by atomic mass is 9.96. The maximum atomic E-state index is 10.7. The van der Waals surface area contributed by atoms with E-state index in [1.54, 1.807) is 42.3 Å². The first-order valence-corrected chi connectivity index (χ1v) is 12.0. The number of likely N-dealkylation sites (N-methyl/N-ethyl adjacent to an activating group) is 3. The van der Waals surface area contributed by atoms with E-state index in [1.165, 1.54) is 20.8 Å². The summed E-state index contributed by atoms with van der Waals surface area (Å²) in [5, 5.41) is 64.4. The summed E-state index contributed by atoms with van der Waals surface area (Å²) in [4.78, 5) is 62.1. The highest BCUT2D eigenvalue weighted by Crippen LogP contribution is 2.13. The molecule has 236 valence electrons. The van der Waals surface area contributed by atoms with Crippen molar-refractivity contribution in [1.29, 1.82) is 0 Å². The van der Waals surface area contributed by atoms with E-state index in [9.17, 15) is 44.1 Å². The number of hydrogen-bond donors (Lipinski definition) is 4. The van der Waals surface area contributed by atoms with Crippen LogP contribution >= 0.6 is 0 Å². The Morgan fingerprint density at radius 1 is 0.550 bits per heavy atom. The maximum Gasteiger partial charge on any atom is 0.310 e. The highest BCUT2D eigenvalue weighted by Gasteiger charge is 2.29. The first-order valence-electron chi connectivity index (χ1n) is 12.0.